The zero-order valence-electron chi connectivity index (χ0n) is 11.4. The van der Waals surface area contributed by atoms with Gasteiger partial charge in [0.1, 0.15) is 0 Å². The largest absolute Gasteiger partial charge is 0.393 e. The van der Waals surface area contributed by atoms with Gasteiger partial charge in [-0.3, -0.25) is 4.90 Å². The van der Waals surface area contributed by atoms with Gasteiger partial charge in [0.2, 0.25) is 0 Å². The van der Waals surface area contributed by atoms with Crippen LogP contribution >= 0.6 is 12.2 Å². The molecule has 4 heteroatoms. The molecule has 0 bridgehead atoms. The van der Waals surface area contributed by atoms with Gasteiger partial charge in [0.05, 0.1) is 17.1 Å². The molecule has 1 fully saturated rings. The highest BCUT2D eigenvalue weighted by Gasteiger charge is 2.27. The van der Waals surface area contributed by atoms with Crippen LogP contribution in [0.1, 0.15) is 36.9 Å². The molecule has 1 aromatic carbocycles. The van der Waals surface area contributed by atoms with Gasteiger partial charge in [-0.25, -0.2) is 0 Å². The van der Waals surface area contributed by atoms with Crippen molar-refractivity contribution >= 4 is 17.2 Å². The molecule has 1 saturated heterocycles. The van der Waals surface area contributed by atoms with Gasteiger partial charge in [0.25, 0.3) is 0 Å². The highest BCUT2D eigenvalue weighted by molar-refractivity contribution is 7.80. The lowest BCUT2D eigenvalue weighted by molar-refractivity contribution is 0.0739. The normalized spacial score (nSPS) is 19.3. The minimum absolute atomic E-state index is 0.00611. The van der Waals surface area contributed by atoms with E-state index in [0.717, 1.165) is 37.9 Å². The van der Waals surface area contributed by atoms with Crippen LogP contribution in [0, 0.1) is 0 Å². The summed E-state index contributed by atoms with van der Waals surface area (Å²) in [4.78, 5) is 2.79. The van der Waals surface area contributed by atoms with E-state index in [0.29, 0.717) is 4.99 Å². The Bertz CT molecular complexity index is 424. The maximum atomic E-state index is 9.60. The monoisotopic (exact) mass is 278 g/mol. The molecule has 19 heavy (non-hydrogen) atoms. The van der Waals surface area contributed by atoms with E-state index in [-0.39, 0.29) is 12.1 Å². The van der Waals surface area contributed by atoms with Crippen LogP contribution in [0.25, 0.3) is 0 Å². The zero-order chi connectivity index (χ0) is 13.8. The number of nitrogens with two attached hydrogens (primary N) is 1. The van der Waals surface area contributed by atoms with E-state index < -0.39 is 0 Å². The van der Waals surface area contributed by atoms with Crippen LogP contribution in [0.3, 0.4) is 0 Å². The molecule has 1 unspecified atom stereocenters. The number of hydrogen-bond donors (Lipinski definition) is 2. The van der Waals surface area contributed by atoms with Crippen LogP contribution in [0.4, 0.5) is 0 Å². The summed E-state index contributed by atoms with van der Waals surface area (Å²) in [6.07, 6.45) is 2.46. The van der Waals surface area contributed by atoms with Gasteiger partial charge < -0.3 is 10.8 Å². The van der Waals surface area contributed by atoms with Crippen molar-refractivity contribution < 1.29 is 5.11 Å². The molecule has 0 aromatic heterocycles. The topological polar surface area (TPSA) is 49.5 Å². The van der Waals surface area contributed by atoms with E-state index >= 15 is 0 Å². The lowest BCUT2D eigenvalue weighted by Gasteiger charge is -2.36. The first-order valence-electron chi connectivity index (χ1n) is 6.92. The summed E-state index contributed by atoms with van der Waals surface area (Å²) in [5, 5.41) is 9.60. The Morgan fingerprint density at radius 2 is 1.95 bits per heavy atom. The van der Waals surface area contributed by atoms with Gasteiger partial charge in [0, 0.05) is 13.1 Å². The Morgan fingerprint density at radius 1 is 1.37 bits per heavy atom. The Labute approximate surface area is 120 Å². The first-order valence-corrected chi connectivity index (χ1v) is 7.33. The van der Waals surface area contributed by atoms with Crippen molar-refractivity contribution in [2.45, 2.75) is 38.3 Å². The average Bonchev–Trinajstić information content (AvgIpc) is 2.42. The molecular weight excluding hydrogens is 256 g/mol. The van der Waals surface area contributed by atoms with Crippen molar-refractivity contribution in [2.24, 2.45) is 5.73 Å². The average molecular weight is 278 g/mol. The summed E-state index contributed by atoms with van der Waals surface area (Å²) >= 11 is 5.24. The van der Waals surface area contributed by atoms with E-state index in [9.17, 15) is 5.11 Å². The molecule has 0 radical (unpaired) electrons. The van der Waals surface area contributed by atoms with Crippen LogP contribution in [-0.4, -0.2) is 34.2 Å². The fourth-order valence-electron chi connectivity index (χ4n) is 2.63. The lowest BCUT2D eigenvalue weighted by Crippen LogP contribution is -2.43. The second-order valence-corrected chi connectivity index (χ2v) is 5.64. The molecule has 3 N–H and O–H groups in total. The van der Waals surface area contributed by atoms with Gasteiger partial charge in [-0.15, -0.1) is 0 Å². The Morgan fingerprint density at radius 3 is 2.42 bits per heavy atom. The van der Waals surface area contributed by atoms with Crippen LogP contribution in [0.15, 0.2) is 24.3 Å². The van der Waals surface area contributed by atoms with Crippen LogP contribution in [0.5, 0.6) is 0 Å². The third-order valence-electron chi connectivity index (χ3n) is 3.84. The summed E-state index contributed by atoms with van der Waals surface area (Å²) in [6, 6.07) is 8.51. The van der Waals surface area contributed by atoms with E-state index in [2.05, 4.69) is 36.1 Å². The number of aliphatic hydroxyl groups excluding tert-OH is 1. The standard InChI is InChI=1S/C15H22N2OS/c1-2-11-3-5-12(6-4-11)14(15(16)19)17-9-7-13(18)8-10-17/h3-6,13-14,18H,2,7-10H2,1H3,(H2,16,19). The van der Waals surface area contributed by atoms with Crippen molar-refractivity contribution in [1.29, 1.82) is 0 Å². The lowest BCUT2D eigenvalue weighted by atomic mass is 9.99. The molecule has 3 nitrogen and oxygen atoms in total. The van der Waals surface area contributed by atoms with Crippen molar-refractivity contribution in [1.82, 2.24) is 4.90 Å². The van der Waals surface area contributed by atoms with Gasteiger partial charge in [-0.2, -0.15) is 0 Å². The first kappa shape index (κ1) is 14.4. The SMILES string of the molecule is CCc1ccc(C(C(N)=S)N2CCC(O)CC2)cc1. The van der Waals surface area contributed by atoms with Crippen molar-refractivity contribution in [3.63, 3.8) is 0 Å². The number of hydrogen-bond acceptors (Lipinski definition) is 3. The number of aryl methyl sites for hydroxylation is 1. The summed E-state index contributed by atoms with van der Waals surface area (Å²) in [5.74, 6) is 0. The summed E-state index contributed by atoms with van der Waals surface area (Å²) in [6.45, 7) is 3.84. The van der Waals surface area contributed by atoms with Crippen molar-refractivity contribution in [3.05, 3.63) is 35.4 Å². The minimum Gasteiger partial charge on any atom is -0.393 e. The minimum atomic E-state index is -0.175. The van der Waals surface area contributed by atoms with Crippen molar-refractivity contribution in [3.8, 4) is 0 Å². The Balaban J connectivity index is 2.17. The van der Waals surface area contributed by atoms with E-state index in [4.69, 9.17) is 18.0 Å². The Hall–Kier alpha value is -0.970. The smallest absolute Gasteiger partial charge is 0.0948 e. The second-order valence-electron chi connectivity index (χ2n) is 5.17. The van der Waals surface area contributed by atoms with E-state index in [1.807, 2.05) is 0 Å². The fraction of sp³-hybridized carbons (Fsp3) is 0.533. The molecule has 104 valence electrons. The second kappa shape index (κ2) is 6.46. The molecule has 2 rings (SSSR count). The highest BCUT2D eigenvalue weighted by Crippen LogP contribution is 2.25. The molecule has 0 spiro atoms. The molecule has 1 heterocycles. The predicted octanol–water partition coefficient (Wildman–Crippen LogP) is 2.03. The highest BCUT2D eigenvalue weighted by atomic mass is 32.1. The van der Waals surface area contributed by atoms with E-state index in [1.54, 1.807) is 0 Å². The third-order valence-corrected chi connectivity index (χ3v) is 4.06. The van der Waals surface area contributed by atoms with Gasteiger partial charge in [-0.05, 0) is 30.4 Å². The Kier molecular flexibility index (Phi) is 4.91. The predicted molar refractivity (Wildman–Crippen MR) is 82.2 cm³/mol. The molecule has 1 aromatic rings. The summed E-state index contributed by atoms with van der Waals surface area (Å²) < 4.78 is 0. The molecule has 1 atom stereocenters. The fourth-order valence-corrected chi connectivity index (χ4v) is 2.92. The third kappa shape index (κ3) is 3.53. The molecule has 0 aliphatic carbocycles. The number of aliphatic hydroxyl groups is 1. The van der Waals surface area contributed by atoms with Crippen LogP contribution < -0.4 is 5.73 Å². The van der Waals surface area contributed by atoms with Gasteiger partial charge in [-0.1, -0.05) is 43.4 Å². The molecule has 0 saturated carbocycles. The molecular formula is C15H22N2OS. The number of benzene rings is 1. The van der Waals surface area contributed by atoms with Gasteiger partial charge in [0.15, 0.2) is 0 Å². The number of likely N-dealkylation sites (tertiary alicyclic amines) is 1. The molecule has 1 aliphatic rings. The summed E-state index contributed by atoms with van der Waals surface area (Å²) in [5.41, 5.74) is 8.40. The zero-order valence-corrected chi connectivity index (χ0v) is 12.2. The van der Waals surface area contributed by atoms with Crippen LogP contribution in [-0.2, 0) is 6.42 Å². The first-order chi connectivity index (χ1) is 9.11. The number of piperidine rings is 1. The van der Waals surface area contributed by atoms with Gasteiger partial charge >= 0.3 is 0 Å². The maximum absolute atomic E-state index is 9.60. The maximum Gasteiger partial charge on any atom is 0.0948 e. The molecule has 1 aliphatic heterocycles. The van der Waals surface area contributed by atoms with Crippen LogP contribution in [0.2, 0.25) is 0 Å². The number of rotatable bonds is 4. The quantitative estimate of drug-likeness (QED) is 0.828. The molecule has 0 amide bonds. The van der Waals surface area contributed by atoms with Crippen molar-refractivity contribution in [2.75, 3.05) is 13.1 Å². The van der Waals surface area contributed by atoms with E-state index in [1.165, 1.54) is 5.56 Å². The number of thiocarbonyl (C=S) groups is 1. The number of nitrogens with zero attached hydrogens (tertiary/aromatic N) is 1. The summed E-state index contributed by atoms with van der Waals surface area (Å²) in [7, 11) is 0.